The topological polar surface area (TPSA) is 17.1 Å². The zero-order valence-corrected chi connectivity index (χ0v) is 11.7. The van der Waals surface area contributed by atoms with Crippen LogP contribution in [0.1, 0.15) is 71.1 Å². The standard InChI is InChI=1S/C17H26O/c1-16-7-13-5-14(8-16)10-17(9-13,11-16)15(18)6-12-3-2-4-12/h12-14H,2-11H2,1H3. The molecule has 2 unspecified atom stereocenters. The van der Waals surface area contributed by atoms with Gasteiger partial charge in [0.15, 0.2) is 0 Å². The van der Waals surface area contributed by atoms with E-state index in [2.05, 4.69) is 6.92 Å². The molecule has 100 valence electrons. The van der Waals surface area contributed by atoms with Crippen molar-refractivity contribution in [3.05, 3.63) is 0 Å². The highest BCUT2D eigenvalue weighted by atomic mass is 16.1. The van der Waals surface area contributed by atoms with Crippen LogP contribution in [0.25, 0.3) is 0 Å². The fourth-order valence-electron chi connectivity index (χ4n) is 6.22. The monoisotopic (exact) mass is 246 g/mol. The van der Waals surface area contributed by atoms with E-state index in [1.807, 2.05) is 0 Å². The number of rotatable bonds is 3. The molecule has 0 aromatic carbocycles. The smallest absolute Gasteiger partial charge is 0.139 e. The van der Waals surface area contributed by atoms with Crippen molar-refractivity contribution in [3.8, 4) is 0 Å². The van der Waals surface area contributed by atoms with Crippen LogP contribution in [0.3, 0.4) is 0 Å². The largest absolute Gasteiger partial charge is 0.299 e. The zero-order valence-electron chi connectivity index (χ0n) is 11.7. The van der Waals surface area contributed by atoms with Crippen LogP contribution in [0.15, 0.2) is 0 Å². The first-order valence-corrected chi connectivity index (χ1v) is 8.10. The molecule has 5 rings (SSSR count). The average Bonchev–Trinajstić information content (AvgIpc) is 2.19. The Hall–Kier alpha value is -0.330. The Kier molecular flexibility index (Phi) is 2.31. The number of ketones is 1. The summed E-state index contributed by atoms with van der Waals surface area (Å²) in [5.41, 5.74) is 0.674. The Morgan fingerprint density at radius 2 is 1.78 bits per heavy atom. The second kappa shape index (κ2) is 3.61. The Labute approximate surface area is 111 Å². The summed E-state index contributed by atoms with van der Waals surface area (Å²) < 4.78 is 0. The fraction of sp³-hybridized carbons (Fsp3) is 0.941. The van der Waals surface area contributed by atoms with Gasteiger partial charge in [-0.25, -0.2) is 0 Å². The van der Waals surface area contributed by atoms with Gasteiger partial charge in [0.1, 0.15) is 5.78 Å². The number of hydrogen-bond acceptors (Lipinski definition) is 1. The highest BCUT2D eigenvalue weighted by Crippen LogP contribution is 2.65. The van der Waals surface area contributed by atoms with Crippen LogP contribution >= 0.6 is 0 Å². The van der Waals surface area contributed by atoms with Gasteiger partial charge in [-0.2, -0.15) is 0 Å². The normalized spacial score (nSPS) is 50.3. The number of carbonyl (C=O) groups is 1. The molecule has 0 heterocycles. The van der Waals surface area contributed by atoms with Gasteiger partial charge >= 0.3 is 0 Å². The number of hydrogen-bond donors (Lipinski definition) is 0. The van der Waals surface area contributed by atoms with Gasteiger partial charge in [-0.05, 0) is 61.7 Å². The van der Waals surface area contributed by atoms with E-state index in [4.69, 9.17) is 0 Å². The van der Waals surface area contributed by atoms with Crippen LogP contribution in [-0.2, 0) is 4.79 Å². The molecule has 0 aromatic heterocycles. The molecule has 5 aliphatic carbocycles. The lowest BCUT2D eigenvalue weighted by molar-refractivity contribution is -0.154. The van der Waals surface area contributed by atoms with Gasteiger partial charge in [0.2, 0.25) is 0 Å². The molecule has 4 bridgehead atoms. The first-order chi connectivity index (χ1) is 8.57. The third-order valence-corrected chi connectivity index (χ3v) is 6.64. The minimum atomic E-state index is 0.147. The summed E-state index contributed by atoms with van der Waals surface area (Å²) in [5, 5.41) is 0. The van der Waals surface area contributed by atoms with E-state index in [-0.39, 0.29) is 5.41 Å². The minimum absolute atomic E-state index is 0.147. The fourth-order valence-corrected chi connectivity index (χ4v) is 6.22. The predicted molar refractivity (Wildman–Crippen MR) is 72.2 cm³/mol. The molecule has 18 heavy (non-hydrogen) atoms. The molecule has 1 nitrogen and oxygen atoms in total. The molecule has 0 spiro atoms. The second-order valence-electron chi connectivity index (χ2n) is 8.48. The molecule has 5 aliphatic rings. The number of Topliss-reactive ketones (excluding diaryl/α,β-unsaturated/α-hetero) is 1. The van der Waals surface area contributed by atoms with Crippen molar-refractivity contribution in [1.82, 2.24) is 0 Å². The van der Waals surface area contributed by atoms with Crippen molar-refractivity contribution < 1.29 is 4.79 Å². The summed E-state index contributed by atoms with van der Waals surface area (Å²) >= 11 is 0. The van der Waals surface area contributed by atoms with Gasteiger partial charge < -0.3 is 0 Å². The quantitative estimate of drug-likeness (QED) is 0.723. The third-order valence-electron chi connectivity index (χ3n) is 6.64. The lowest BCUT2D eigenvalue weighted by Crippen LogP contribution is -2.54. The van der Waals surface area contributed by atoms with E-state index >= 15 is 0 Å². The molecule has 0 saturated heterocycles. The Morgan fingerprint density at radius 3 is 2.28 bits per heavy atom. The summed E-state index contributed by atoms with van der Waals surface area (Å²) in [6, 6.07) is 0. The highest BCUT2D eigenvalue weighted by Gasteiger charge is 2.58. The van der Waals surface area contributed by atoms with Crippen molar-refractivity contribution in [2.45, 2.75) is 71.1 Å². The molecule has 1 heteroatoms. The molecular weight excluding hydrogens is 220 g/mol. The van der Waals surface area contributed by atoms with Gasteiger partial charge in [-0.1, -0.05) is 26.2 Å². The number of carbonyl (C=O) groups excluding carboxylic acids is 1. The van der Waals surface area contributed by atoms with E-state index in [0.29, 0.717) is 11.2 Å². The van der Waals surface area contributed by atoms with Crippen molar-refractivity contribution in [1.29, 1.82) is 0 Å². The molecule has 0 aromatic rings. The SMILES string of the molecule is CC12CC3CC(C1)CC(C(=O)CC1CCC1)(C3)C2. The van der Waals surface area contributed by atoms with Gasteiger partial charge in [0.05, 0.1) is 0 Å². The third kappa shape index (κ3) is 1.62. The minimum Gasteiger partial charge on any atom is -0.299 e. The molecular formula is C17H26O. The van der Waals surface area contributed by atoms with Gasteiger partial charge in [-0.3, -0.25) is 4.79 Å². The van der Waals surface area contributed by atoms with Crippen LogP contribution in [0.4, 0.5) is 0 Å². The lowest BCUT2D eigenvalue weighted by atomic mass is 9.43. The summed E-state index contributed by atoms with van der Waals surface area (Å²) in [4.78, 5) is 12.8. The zero-order chi connectivity index (χ0) is 12.4. The maximum Gasteiger partial charge on any atom is 0.139 e. The summed E-state index contributed by atoms with van der Waals surface area (Å²) in [6.45, 7) is 2.47. The van der Waals surface area contributed by atoms with Crippen LogP contribution in [-0.4, -0.2) is 5.78 Å². The molecule has 0 aliphatic heterocycles. The predicted octanol–water partition coefficient (Wildman–Crippen LogP) is 4.35. The van der Waals surface area contributed by atoms with Crippen LogP contribution in [0.5, 0.6) is 0 Å². The van der Waals surface area contributed by atoms with Crippen LogP contribution < -0.4 is 0 Å². The van der Waals surface area contributed by atoms with E-state index in [1.165, 1.54) is 57.8 Å². The van der Waals surface area contributed by atoms with Gasteiger partial charge in [0, 0.05) is 11.8 Å². The summed E-state index contributed by atoms with van der Waals surface area (Å²) in [5.74, 6) is 3.22. The molecule has 5 fully saturated rings. The van der Waals surface area contributed by atoms with Crippen molar-refractivity contribution in [2.24, 2.45) is 28.6 Å². The first-order valence-electron chi connectivity index (χ1n) is 8.10. The molecule has 0 amide bonds. The first kappa shape index (κ1) is 11.5. The van der Waals surface area contributed by atoms with E-state index in [0.717, 1.165) is 24.2 Å². The highest BCUT2D eigenvalue weighted by molar-refractivity contribution is 5.85. The van der Waals surface area contributed by atoms with E-state index < -0.39 is 0 Å². The summed E-state index contributed by atoms with van der Waals surface area (Å²) in [6.07, 6.45) is 13.0. The van der Waals surface area contributed by atoms with Crippen molar-refractivity contribution >= 4 is 5.78 Å². The Balaban J connectivity index is 1.57. The average molecular weight is 246 g/mol. The molecule has 0 radical (unpaired) electrons. The van der Waals surface area contributed by atoms with Crippen LogP contribution in [0.2, 0.25) is 0 Å². The molecule has 2 atom stereocenters. The molecule has 5 saturated carbocycles. The van der Waals surface area contributed by atoms with E-state index in [9.17, 15) is 4.79 Å². The van der Waals surface area contributed by atoms with E-state index in [1.54, 1.807) is 0 Å². The Morgan fingerprint density at radius 1 is 1.11 bits per heavy atom. The second-order valence-corrected chi connectivity index (χ2v) is 8.48. The van der Waals surface area contributed by atoms with Crippen molar-refractivity contribution in [3.63, 3.8) is 0 Å². The molecule has 0 N–H and O–H groups in total. The lowest BCUT2D eigenvalue weighted by Gasteiger charge is -2.61. The van der Waals surface area contributed by atoms with Gasteiger partial charge in [0.25, 0.3) is 0 Å². The maximum absolute atomic E-state index is 12.8. The maximum atomic E-state index is 12.8. The van der Waals surface area contributed by atoms with Crippen LogP contribution in [0, 0.1) is 28.6 Å². The Bertz CT molecular complexity index is 365. The van der Waals surface area contributed by atoms with Gasteiger partial charge in [-0.15, -0.1) is 0 Å². The van der Waals surface area contributed by atoms with Crippen molar-refractivity contribution in [2.75, 3.05) is 0 Å². The summed E-state index contributed by atoms with van der Waals surface area (Å²) in [7, 11) is 0.